The number of rotatable bonds is 6. The van der Waals surface area contributed by atoms with Crippen LogP contribution in [-0.2, 0) is 0 Å². The number of pyridine rings is 1. The second-order valence-corrected chi connectivity index (χ2v) is 9.09. The van der Waals surface area contributed by atoms with Gasteiger partial charge in [0, 0.05) is 37.1 Å². The van der Waals surface area contributed by atoms with Gasteiger partial charge in [-0.1, -0.05) is 5.10 Å². The van der Waals surface area contributed by atoms with Crippen LogP contribution in [0.2, 0.25) is 0 Å². The predicted molar refractivity (Wildman–Crippen MR) is 127 cm³/mol. The molecule has 4 aromatic rings. The number of hydrogen-bond donors (Lipinski definition) is 3. The van der Waals surface area contributed by atoms with Gasteiger partial charge in [0.2, 0.25) is 0 Å². The topological polar surface area (TPSA) is 112 Å². The van der Waals surface area contributed by atoms with Gasteiger partial charge in [-0.2, -0.15) is 0 Å². The van der Waals surface area contributed by atoms with Crippen molar-refractivity contribution in [3.63, 3.8) is 0 Å². The number of piperidine rings is 1. The summed E-state index contributed by atoms with van der Waals surface area (Å²) in [5, 5.41) is 25.2. The first kappa shape index (κ1) is 20.7. The summed E-state index contributed by atoms with van der Waals surface area (Å²) < 4.78 is 7.08. The monoisotopic (exact) mass is 451 g/mol. The Morgan fingerprint density at radius 1 is 1.22 bits per heavy atom. The number of aliphatic hydroxyl groups excluding tert-OH is 1. The molecule has 1 atom stereocenters. The Morgan fingerprint density at radius 3 is 2.97 bits per heavy atom. The third-order valence-corrected chi connectivity index (χ3v) is 6.06. The number of fused-ring (bicyclic) bond motifs is 1. The lowest BCUT2D eigenvalue weighted by atomic mass is 10.1. The SMILES string of the molecule is CC(C)Nc1cc(Nc2ccc3ncsc3c2)ncc1-c1nnc(N2CCCC(O)C2)o1. The summed E-state index contributed by atoms with van der Waals surface area (Å²) >= 11 is 1.61. The first-order valence-electron chi connectivity index (χ1n) is 10.7. The van der Waals surface area contributed by atoms with Crippen molar-refractivity contribution in [1.82, 2.24) is 20.2 Å². The maximum atomic E-state index is 9.94. The minimum absolute atomic E-state index is 0.206. The van der Waals surface area contributed by atoms with Crippen LogP contribution >= 0.6 is 11.3 Å². The molecule has 10 heteroatoms. The Morgan fingerprint density at radius 2 is 2.12 bits per heavy atom. The van der Waals surface area contributed by atoms with E-state index in [1.807, 2.05) is 28.6 Å². The minimum Gasteiger partial charge on any atom is -0.403 e. The highest BCUT2D eigenvalue weighted by molar-refractivity contribution is 7.16. The van der Waals surface area contributed by atoms with E-state index in [1.54, 1.807) is 17.5 Å². The highest BCUT2D eigenvalue weighted by Crippen LogP contribution is 2.32. The molecule has 9 nitrogen and oxygen atoms in total. The van der Waals surface area contributed by atoms with E-state index in [4.69, 9.17) is 4.42 Å². The normalized spacial score (nSPS) is 16.6. The molecule has 3 aromatic heterocycles. The van der Waals surface area contributed by atoms with Gasteiger partial charge in [-0.3, -0.25) is 0 Å². The average Bonchev–Trinajstić information content (AvgIpc) is 3.43. The van der Waals surface area contributed by atoms with E-state index in [0.29, 0.717) is 24.3 Å². The molecule has 0 amide bonds. The standard InChI is InChI=1S/C22H25N7O2S/c1-13(2)25-18-9-20(26-14-5-6-17-19(8-14)32-12-24-17)23-10-16(18)21-27-28-22(31-21)29-7-3-4-15(30)11-29/h5-6,8-10,12-13,15,30H,3-4,7,11H2,1-2H3,(H2,23,25,26). The molecule has 5 rings (SSSR count). The molecule has 0 spiro atoms. The quantitative estimate of drug-likeness (QED) is 0.396. The Kier molecular flexibility index (Phi) is 5.62. The van der Waals surface area contributed by atoms with Crippen molar-refractivity contribution in [3.8, 4) is 11.5 Å². The van der Waals surface area contributed by atoms with Crippen LogP contribution in [0, 0.1) is 0 Å². The van der Waals surface area contributed by atoms with E-state index in [-0.39, 0.29) is 12.1 Å². The molecule has 166 valence electrons. The third-order valence-electron chi connectivity index (χ3n) is 5.26. The lowest BCUT2D eigenvalue weighted by Gasteiger charge is -2.28. The summed E-state index contributed by atoms with van der Waals surface area (Å²) in [6.07, 6.45) is 3.07. The number of aromatic nitrogens is 4. The van der Waals surface area contributed by atoms with Gasteiger partial charge in [0.25, 0.3) is 5.89 Å². The van der Waals surface area contributed by atoms with Crippen LogP contribution in [0.5, 0.6) is 0 Å². The highest BCUT2D eigenvalue weighted by atomic mass is 32.1. The van der Waals surface area contributed by atoms with Crippen LogP contribution in [0.4, 0.5) is 23.2 Å². The zero-order valence-corrected chi connectivity index (χ0v) is 18.8. The van der Waals surface area contributed by atoms with Crippen LogP contribution in [-0.4, -0.2) is 50.5 Å². The van der Waals surface area contributed by atoms with Crippen molar-refractivity contribution in [2.75, 3.05) is 28.6 Å². The van der Waals surface area contributed by atoms with Crippen LogP contribution in [0.25, 0.3) is 21.7 Å². The molecule has 32 heavy (non-hydrogen) atoms. The number of nitrogens with one attached hydrogen (secondary N) is 2. The molecule has 1 fully saturated rings. The zero-order valence-electron chi connectivity index (χ0n) is 17.9. The molecular weight excluding hydrogens is 426 g/mol. The van der Waals surface area contributed by atoms with E-state index < -0.39 is 0 Å². The number of anilines is 4. The Labute approximate surface area is 189 Å². The molecule has 1 unspecified atom stereocenters. The summed E-state index contributed by atoms with van der Waals surface area (Å²) in [7, 11) is 0. The van der Waals surface area contributed by atoms with Crippen molar-refractivity contribution >= 4 is 44.8 Å². The summed E-state index contributed by atoms with van der Waals surface area (Å²) in [5.41, 5.74) is 5.36. The van der Waals surface area contributed by atoms with Gasteiger partial charge in [-0.25, -0.2) is 9.97 Å². The first-order valence-corrected chi connectivity index (χ1v) is 11.6. The summed E-state index contributed by atoms with van der Waals surface area (Å²) in [5.74, 6) is 1.10. The Balaban J connectivity index is 1.42. The number of hydrogen-bond acceptors (Lipinski definition) is 10. The second kappa shape index (κ2) is 8.71. The minimum atomic E-state index is -0.367. The Hall–Kier alpha value is -3.24. The van der Waals surface area contributed by atoms with E-state index in [9.17, 15) is 5.11 Å². The van der Waals surface area contributed by atoms with Gasteiger partial charge >= 0.3 is 6.01 Å². The van der Waals surface area contributed by atoms with Gasteiger partial charge in [-0.05, 0) is 44.9 Å². The molecule has 0 radical (unpaired) electrons. The van der Waals surface area contributed by atoms with Crippen LogP contribution in [0.3, 0.4) is 0 Å². The summed E-state index contributed by atoms with van der Waals surface area (Å²) in [4.78, 5) is 10.8. The van der Waals surface area contributed by atoms with E-state index >= 15 is 0 Å². The smallest absolute Gasteiger partial charge is 0.318 e. The molecule has 1 aliphatic rings. The molecule has 1 aromatic carbocycles. The van der Waals surface area contributed by atoms with Crippen molar-refractivity contribution in [2.45, 2.75) is 38.8 Å². The van der Waals surface area contributed by atoms with Crippen LogP contribution in [0.15, 0.2) is 40.4 Å². The fourth-order valence-electron chi connectivity index (χ4n) is 3.79. The second-order valence-electron chi connectivity index (χ2n) is 8.21. The van der Waals surface area contributed by atoms with Gasteiger partial charge < -0.3 is 25.1 Å². The van der Waals surface area contributed by atoms with Gasteiger partial charge in [0.15, 0.2) is 0 Å². The average molecular weight is 452 g/mol. The molecule has 3 N–H and O–H groups in total. The van der Waals surface area contributed by atoms with Crippen molar-refractivity contribution in [1.29, 1.82) is 0 Å². The van der Waals surface area contributed by atoms with Gasteiger partial charge in [-0.15, -0.1) is 16.4 Å². The zero-order chi connectivity index (χ0) is 22.1. The number of aliphatic hydroxyl groups is 1. The maximum Gasteiger partial charge on any atom is 0.318 e. The number of β-amino-alcohol motifs (C(OH)–C–C–N with tert-alkyl or cyclic N) is 1. The summed E-state index contributed by atoms with van der Waals surface area (Å²) in [6, 6.07) is 8.63. The third kappa shape index (κ3) is 4.37. The molecular formula is C22H25N7O2S. The largest absolute Gasteiger partial charge is 0.403 e. The molecule has 4 heterocycles. The van der Waals surface area contributed by atoms with E-state index in [1.165, 1.54) is 0 Å². The fourth-order valence-corrected chi connectivity index (χ4v) is 4.50. The number of thiazole rings is 1. The highest BCUT2D eigenvalue weighted by Gasteiger charge is 2.23. The molecule has 1 saturated heterocycles. The van der Waals surface area contributed by atoms with E-state index in [2.05, 4.69) is 50.7 Å². The lowest BCUT2D eigenvalue weighted by molar-refractivity contribution is 0.152. The van der Waals surface area contributed by atoms with Gasteiger partial charge in [0.05, 0.1) is 33.1 Å². The molecule has 0 saturated carbocycles. The van der Waals surface area contributed by atoms with Crippen LogP contribution < -0.4 is 15.5 Å². The molecule has 0 aliphatic carbocycles. The lowest BCUT2D eigenvalue weighted by Crippen LogP contribution is -2.38. The maximum absolute atomic E-state index is 9.94. The summed E-state index contributed by atoms with van der Waals surface area (Å²) in [6.45, 7) is 5.44. The van der Waals surface area contributed by atoms with Crippen molar-refractivity contribution in [3.05, 3.63) is 36.0 Å². The molecule has 0 bridgehead atoms. The van der Waals surface area contributed by atoms with E-state index in [0.717, 1.165) is 46.5 Å². The number of nitrogens with zero attached hydrogens (tertiary/aromatic N) is 5. The van der Waals surface area contributed by atoms with Crippen molar-refractivity contribution in [2.24, 2.45) is 0 Å². The fraction of sp³-hybridized carbons (Fsp3) is 0.364. The molecule has 1 aliphatic heterocycles. The van der Waals surface area contributed by atoms with Crippen LogP contribution in [0.1, 0.15) is 26.7 Å². The number of benzene rings is 1. The predicted octanol–water partition coefficient (Wildman–Crippen LogP) is 4.27. The Bertz CT molecular complexity index is 1220. The van der Waals surface area contributed by atoms with Crippen molar-refractivity contribution < 1.29 is 9.52 Å². The van der Waals surface area contributed by atoms with Gasteiger partial charge in [0.1, 0.15) is 5.82 Å². The first-order chi connectivity index (χ1) is 15.5.